The molecule has 0 aromatic rings. The first-order chi connectivity index (χ1) is 7.12. The molecule has 1 saturated heterocycles. The van der Waals surface area contributed by atoms with Gasteiger partial charge in [-0.25, -0.2) is 0 Å². The molecule has 0 spiro atoms. The van der Waals surface area contributed by atoms with Gasteiger partial charge in [0.15, 0.2) is 5.78 Å². The van der Waals surface area contributed by atoms with Gasteiger partial charge in [-0.3, -0.25) is 9.69 Å². The predicted molar refractivity (Wildman–Crippen MR) is 58.8 cm³/mol. The number of ether oxygens (including phenoxy) is 1. The average Bonchev–Trinajstić information content (AvgIpc) is 2.16. The molecule has 1 saturated carbocycles. The van der Waals surface area contributed by atoms with Crippen molar-refractivity contribution in [2.45, 2.75) is 38.6 Å². The van der Waals surface area contributed by atoms with Crippen LogP contribution in [0.1, 0.15) is 33.1 Å². The Kier molecular flexibility index (Phi) is 3.12. The summed E-state index contributed by atoms with van der Waals surface area (Å²) in [4.78, 5) is 14.5. The third-order valence-corrected chi connectivity index (χ3v) is 3.88. The Morgan fingerprint density at radius 1 is 1.27 bits per heavy atom. The largest absolute Gasteiger partial charge is 0.379 e. The van der Waals surface area contributed by atoms with E-state index in [4.69, 9.17) is 4.74 Å². The molecule has 3 heteroatoms. The van der Waals surface area contributed by atoms with Gasteiger partial charge in [0, 0.05) is 19.0 Å². The number of rotatable bonds is 3. The van der Waals surface area contributed by atoms with Crippen LogP contribution >= 0.6 is 0 Å². The second kappa shape index (κ2) is 4.22. The summed E-state index contributed by atoms with van der Waals surface area (Å²) in [7, 11) is 0. The van der Waals surface area contributed by atoms with Gasteiger partial charge in [0.05, 0.1) is 18.8 Å². The smallest absolute Gasteiger partial charge is 0.155 e. The van der Waals surface area contributed by atoms with Crippen LogP contribution in [0.4, 0.5) is 0 Å². The molecule has 1 aliphatic heterocycles. The highest BCUT2D eigenvalue weighted by atomic mass is 16.5. The lowest BCUT2D eigenvalue weighted by Gasteiger charge is -2.42. The minimum atomic E-state index is -0.283. The molecular formula is C12H21NO2. The fourth-order valence-electron chi connectivity index (χ4n) is 2.45. The van der Waals surface area contributed by atoms with E-state index in [0.717, 1.165) is 39.1 Å². The number of ketones is 1. The van der Waals surface area contributed by atoms with E-state index in [1.807, 2.05) is 0 Å². The first kappa shape index (κ1) is 11.1. The highest BCUT2D eigenvalue weighted by Crippen LogP contribution is 2.33. The lowest BCUT2D eigenvalue weighted by atomic mass is 9.75. The van der Waals surface area contributed by atoms with Crippen LogP contribution in [0.25, 0.3) is 0 Å². The first-order valence-corrected chi connectivity index (χ1v) is 5.99. The summed E-state index contributed by atoms with van der Waals surface area (Å²) < 4.78 is 5.32. The molecule has 0 N–H and O–H groups in total. The molecule has 1 heterocycles. The minimum Gasteiger partial charge on any atom is -0.379 e. The van der Waals surface area contributed by atoms with E-state index in [1.54, 1.807) is 0 Å². The maximum Gasteiger partial charge on any atom is 0.155 e. The molecule has 0 radical (unpaired) electrons. The Labute approximate surface area is 91.8 Å². The van der Waals surface area contributed by atoms with Gasteiger partial charge < -0.3 is 4.74 Å². The molecule has 1 aliphatic carbocycles. The lowest BCUT2D eigenvalue weighted by Crippen LogP contribution is -2.56. The van der Waals surface area contributed by atoms with Crippen molar-refractivity contribution in [3.05, 3.63) is 0 Å². The summed E-state index contributed by atoms with van der Waals surface area (Å²) in [5.74, 6) is 0.776. The van der Waals surface area contributed by atoms with Crippen molar-refractivity contribution in [3.8, 4) is 0 Å². The van der Waals surface area contributed by atoms with Crippen molar-refractivity contribution >= 4 is 5.78 Å². The van der Waals surface area contributed by atoms with Gasteiger partial charge in [-0.15, -0.1) is 0 Å². The van der Waals surface area contributed by atoms with Crippen LogP contribution in [0.3, 0.4) is 0 Å². The van der Waals surface area contributed by atoms with Gasteiger partial charge in [0.25, 0.3) is 0 Å². The zero-order valence-electron chi connectivity index (χ0n) is 9.79. The number of hydrogen-bond donors (Lipinski definition) is 0. The average molecular weight is 211 g/mol. The SMILES string of the molecule is CC(C)(C(=O)C1CCC1)N1CCOCC1. The van der Waals surface area contributed by atoms with Crippen LogP contribution in [0.5, 0.6) is 0 Å². The van der Waals surface area contributed by atoms with Crippen molar-refractivity contribution in [2.75, 3.05) is 26.3 Å². The topological polar surface area (TPSA) is 29.5 Å². The van der Waals surface area contributed by atoms with Crippen molar-refractivity contribution < 1.29 is 9.53 Å². The summed E-state index contributed by atoms with van der Waals surface area (Å²) in [5.41, 5.74) is -0.283. The van der Waals surface area contributed by atoms with E-state index < -0.39 is 0 Å². The maximum absolute atomic E-state index is 12.3. The fraction of sp³-hybridized carbons (Fsp3) is 0.917. The molecule has 0 amide bonds. The summed E-state index contributed by atoms with van der Waals surface area (Å²) in [6.07, 6.45) is 3.44. The van der Waals surface area contributed by atoms with Gasteiger partial charge in [-0.1, -0.05) is 6.42 Å². The number of carbonyl (C=O) groups is 1. The third-order valence-electron chi connectivity index (χ3n) is 3.88. The Hall–Kier alpha value is -0.410. The third kappa shape index (κ3) is 2.08. The van der Waals surface area contributed by atoms with E-state index >= 15 is 0 Å². The van der Waals surface area contributed by atoms with Gasteiger partial charge in [0.1, 0.15) is 0 Å². The zero-order valence-corrected chi connectivity index (χ0v) is 9.79. The second-order valence-corrected chi connectivity index (χ2v) is 5.15. The standard InChI is InChI=1S/C12H21NO2/c1-12(2,11(14)10-4-3-5-10)13-6-8-15-9-7-13/h10H,3-9H2,1-2H3. The zero-order chi connectivity index (χ0) is 10.9. The fourth-order valence-corrected chi connectivity index (χ4v) is 2.45. The number of morpholine rings is 1. The number of carbonyl (C=O) groups excluding carboxylic acids is 1. The Morgan fingerprint density at radius 2 is 1.87 bits per heavy atom. The molecule has 0 bridgehead atoms. The van der Waals surface area contributed by atoms with Crippen LogP contribution in [0, 0.1) is 5.92 Å². The molecule has 0 unspecified atom stereocenters. The molecule has 15 heavy (non-hydrogen) atoms. The van der Waals surface area contributed by atoms with Gasteiger partial charge in [0.2, 0.25) is 0 Å². The first-order valence-electron chi connectivity index (χ1n) is 5.99. The summed E-state index contributed by atoms with van der Waals surface area (Å²) in [6.45, 7) is 7.46. The molecule has 2 rings (SSSR count). The molecule has 2 fully saturated rings. The molecule has 3 nitrogen and oxygen atoms in total. The highest BCUT2D eigenvalue weighted by Gasteiger charge is 2.40. The molecule has 0 aromatic heterocycles. The highest BCUT2D eigenvalue weighted by molar-refractivity contribution is 5.90. The molecule has 86 valence electrons. The van der Waals surface area contributed by atoms with Crippen LogP contribution in [-0.2, 0) is 9.53 Å². The van der Waals surface area contributed by atoms with Gasteiger partial charge in [-0.2, -0.15) is 0 Å². The second-order valence-electron chi connectivity index (χ2n) is 5.15. The number of nitrogens with zero attached hydrogens (tertiary/aromatic N) is 1. The van der Waals surface area contributed by atoms with Crippen molar-refractivity contribution in [2.24, 2.45) is 5.92 Å². The van der Waals surface area contributed by atoms with E-state index in [-0.39, 0.29) is 5.54 Å². The molecule has 0 atom stereocenters. The minimum absolute atomic E-state index is 0.283. The van der Waals surface area contributed by atoms with E-state index in [2.05, 4.69) is 18.7 Å². The summed E-state index contributed by atoms with van der Waals surface area (Å²) in [6, 6.07) is 0. The quantitative estimate of drug-likeness (QED) is 0.708. The van der Waals surface area contributed by atoms with Crippen molar-refractivity contribution in [3.63, 3.8) is 0 Å². The molecule has 2 aliphatic rings. The predicted octanol–water partition coefficient (Wildman–Crippen LogP) is 1.47. The Morgan fingerprint density at radius 3 is 2.33 bits per heavy atom. The number of hydrogen-bond acceptors (Lipinski definition) is 3. The van der Waals surface area contributed by atoms with Crippen LogP contribution in [-0.4, -0.2) is 42.5 Å². The normalized spacial score (nSPS) is 24.9. The summed E-state index contributed by atoms with van der Waals surface area (Å²) >= 11 is 0. The Bertz CT molecular complexity index is 240. The van der Waals surface area contributed by atoms with Crippen LogP contribution < -0.4 is 0 Å². The Balaban J connectivity index is 1.99. The van der Waals surface area contributed by atoms with Gasteiger partial charge in [-0.05, 0) is 26.7 Å². The van der Waals surface area contributed by atoms with E-state index in [1.165, 1.54) is 6.42 Å². The van der Waals surface area contributed by atoms with Crippen molar-refractivity contribution in [1.82, 2.24) is 4.90 Å². The monoisotopic (exact) mass is 211 g/mol. The number of Topliss-reactive ketones (excluding diaryl/α,β-unsaturated/α-hetero) is 1. The summed E-state index contributed by atoms with van der Waals surface area (Å²) in [5, 5.41) is 0. The van der Waals surface area contributed by atoms with Crippen molar-refractivity contribution in [1.29, 1.82) is 0 Å². The van der Waals surface area contributed by atoms with Gasteiger partial charge >= 0.3 is 0 Å². The molecular weight excluding hydrogens is 190 g/mol. The van der Waals surface area contributed by atoms with Crippen LogP contribution in [0.15, 0.2) is 0 Å². The molecule has 0 aromatic carbocycles. The lowest BCUT2D eigenvalue weighted by molar-refractivity contribution is -0.138. The van der Waals surface area contributed by atoms with E-state index in [0.29, 0.717) is 11.7 Å². The maximum atomic E-state index is 12.3. The van der Waals surface area contributed by atoms with E-state index in [9.17, 15) is 4.79 Å². The van der Waals surface area contributed by atoms with Crippen LogP contribution in [0.2, 0.25) is 0 Å².